The van der Waals surface area contributed by atoms with Gasteiger partial charge in [0.15, 0.2) is 0 Å². The number of hydrogen-bond acceptors (Lipinski definition) is 1. The maximum Gasteiger partial charge on any atom is 0.00142 e. The first-order valence-corrected chi connectivity index (χ1v) is 6.93. The van der Waals surface area contributed by atoms with Crippen molar-refractivity contribution in [2.24, 2.45) is 11.8 Å². The van der Waals surface area contributed by atoms with Gasteiger partial charge in [0.1, 0.15) is 0 Å². The van der Waals surface area contributed by atoms with Crippen LogP contribution in [0.25, 0.3) is 0 Å². The Morgan fingerprint density at radius 2 is 1.79 bits per heavy atom. The van der Waals surface area contributed by atoms with E-state index in [9.17, 15) is 0 Å². The Hall–Kier alpha value is 0.350. The molecule has 0 spiro atoms. The van der Waals surface area contributed by atoms with E-state index in [1.54, 1.807) is 0 Å². The highest BCUT2D eigenvalue weighted by molar-refractivity contribution is 7.80. The highest BCUT2D eigenvalue weighted by Gasteiger charge is 2.19. The predicted octanol–water partition coefficient (Wildman–Crippen LogP) is 4.69. The van der Waals surface area contributed by atoms with Crippen LogP contribution in [-0.4, -0.2) is 5.25 Å². The van der Waals surface area contributed by atoms with Crippen LogP contribution in [-0.2, 0) is 0 Å². The van der Waals surface area contributed by atoms with Gasteiger partial charge in [-0.25, -0.2) is 0 Å². The van der Waals surface area contributed by atoms with Gasteiger partial charge in [-0.1, -0.05) is 46.0 Å². The zero-order valence-corrected chi connectivity index (χ0v) is 10.7. The van der Waals surface area contributed by atoms with E-state index in [1.807, 2.05) is 0 Å². The van der Waals surface area contributed by atoms with Crippen LogP contribution >= 0.6 is 12.6 Å². The summed E-state index contributed by atoms with van der Waals surface area (Å²) in [6, 6.07) is 0. The molecule has 1 aliphatic rings. The van der Waals surface area contributed by atoms with Crippen LogP contribution in [0.2, 0.25) is 0 Å². The average molecular weight is 214 g/mol. The van der Waals surface area contributed by atoms with Gasteiger partial charge in [0.2, 0.25) is 0 Å². The Kier molecular flexibility index (Phi) is 6.00. The SMILES string of the molecule is CCC(S)CCC(C)C1CCCCC1. The Balaban J connectivity index is 2.16. The molecule has 0 nitrogen and oxygen atoms in total. The molecule has 0 N–H and O–H groups in total. The molecule has 0 amide bonds. The monoisotopic (exact) mass is 214 g/mol. The van der Waals surface area contributed by atoms with E-state index in [1.165, 1.54) is 51.4 Å². The summed E-state index contributed by atoms with van der Waals surface area (Å²) in [6.45, 7) is 4.69. The van der Waals surface area contributed by atoms with Gasteiger partial charge in [0.25, 0.3) is 0 Å². The van der Waals surface area contributed by atoms with Crippen molar-refractivity contribution in [1.82, 2.24) is 0 Å². The zero-order valence-electron chi connectivity index (χ0n) is 9.84. The van der Waals surface area contributed by atoms with Gasteiger partial charge in [-0.3, -0.25) is 0 Å². The van der Waals surface area contributed by atoms with E-state index in [0.717, 1.165) is 11.8 Å². The van der Waals surface area contributed by atoms with Gasteiger partial charge >= 0.3 is 0 Å². The van der Waals surface area contributed by atoms with Crippen LogP contribution in [0.4, 0.5) is 0 Å². The average Bonchev–Trinajstić information content (AvgIpc) is 2.26. The first kappa shape index (κ1) is 12.4. The lowest BCUT2D eigenvalue weighted by atomic mass is 9.79. The fourth-order valence-corrected chi connectivity index (χ4v) is 2.75. The topological polar surface area (TPSA) is 0 Å². The van der Waals surface area contributed by atoms with Crippen molar-refractivity contribution in [1.29, 1.82) is 0 Å². The lowest BCUT2D eigenvalue weighted by Crippen LogP contribution is -2.16. The smallest absolute Gasteiger partial charge is 0.00142 e. The molecule has 0 aliphatic heterocycles. The third-order valence-corrected chi connectivity index (χ3v) is 4.50. The highest BCUT2D eigenvalue weighted by Crippen LogP contribution is 2.32. The fraction of sp³-hybridized carbons (Fsp3) is 1.00. The van der Waals surface area contributed by atoms with Gasteiger partial charge in [-0.05, 0) is 31.1 Å². The van der Waals surface area contributed by atoms with Gasteiger partial charge < -0.3 is 0 Å². The highest BCUT2D eigenvalue weighted by atomic mass is 32.1. The normalized spacial score (nSPS) is 23.4. The van der Waals surface area contributed by atoms with Crippen molar-refractivity contribution in [3.63, 3.8) is 0 Å². The third-order valence-electron chi connectivity index (χ3n) is 3.88. The minimum atomic E-state index is 0.640. The predicted molar refractivity (Wildman–Crippen MR) is 68.0 cm³/mol. The molecule has 2 unspecified atom stereocenters. The standard InChI is InChI=1S/C13H26S/c1-3-13(14)10-9-11(2)12-7-5-4-6-8-12/h11-14H,3-10H2,1-2H3. The van der Waals surface area contributed by atoms with Crippen LogP contribution < -0.4 is 0 Å². The summed E-state index contributed by atoms with van der Waals surface area (Å²) in [5, 5.41) is 0.640. The van der Waals surface area contributed by atoms with Crippen LogP contribution in [0.15, 0.2) is 0 Å². The van der Waals surface area contributed by atoms with E-state index in [-0.39, 0.29) is 0 Å². The van der Waals surface area contributed by atoms with Gasteiger partial charge in [-0.2, -0.15) is 12.6 Å². The molecule has 1 saturated carbocycles. The fourth-order valence-electron chi connectivity index (χ4n) is 2.60. The second kappa shape index (κ2) is 6.76. The molecule has 0 radical (unpaired) electrons. The van der Waals surface area contributed by atoms with E-state index in [0.29, 0.717) is 5.25 Å². The molecule has 14 heavy (non-hydrogen) atoms. The van der Waals surface area contributed by atoms with Gasteiger partial charge in [-0.15, -0.1) is 0 Å². The molecule has 1 rings (SSSR count). The van der Waals surface area contributed by atoms with Crippen molar-refractivity contribution in [3.05, 3.63) is 0 Å². The summed E-state index contributed by atoms with van der Waals surface area (Å²) < 4.78 is 0. The van der Waals surface area contributed by atoms with Crippen molar-refractivity contribution in [3.8, 4) is 0 Å². The third kappa shape index (κ3) is 4.25. The minimum absolute atomic E-state index is 0.640. The van der Waals surface area contributed by atoms with Crippen LogP contribution in [0.3, 0.4) is 0 Å². The van der Waals surface area contributed by atoms with Crippen molar-refractivity contribution >= 4 is 12.6 Å². The van der Waals surface area contributed by atoms with Gasteiger partial charge in [0, 0.05) is 5.25 Å². The maximum absolute atomic E-state index is 4.57. The molecule has 0 bridgehead atoms. The molecule has 2 atom stereocenters. The maximum atomic E-state index is 4.57. The molecule has 1 fully saturated rings. The van der Waals surface area contributed by atoms with E-state index in [4.69, 9.17) is 0 Å². The van der Waals surface area contributed by atoms with Crippen molar-refractivity contribution in [2.45, 2.75) is 70.5 Å². The minimum Gasteiger partial charge on any atom is -0.176 e. The quantitative estimate of drug-likeness (QED) is 0.631. The number of hydrogen-bond donors (Lipinski definition) is 1. The molecule has 0 aromatic rings. The summed E-state index contributed by atoms with van der Waals surface area (Å²) in [6.07, 6.45) is 11.4. The first-order valence-electron chi connectivity index (χ1n) is 6.42. The largest absolute Gasteiger partial charge is 0.176 e. The summed E-state index contributed by atoms with van der Waals surface area (Å²) in [7, 11) is 0. The Labute approximate surface area is 95.3 Å². The molecular formula is C13H26S. The lowest BCUT2D eigenvalue weighted by molar-refractivity contribution is 0.248. The molecule has 0 heterocycles. The first-order chi connectivity index (χ1) is 6.74. The molecule has 1 aliphatic carbocycles. The Morgan fingerprint density at radius 1 is 1.14 bits per heavy atom. The second-order valence-corrected chi connectivity index (χ2v) is 5.75. The summed E-state index contributed by atoms with van der Waals surface area (Å²) in [5.41, 5.74) is 0. The Bertz CT molecular complexity index is 138. The number of rotatable bonds is 5. The van der Waals surface area contributed by atoms with Crippen LogP contribution in [0.5, 0.6) is 0 Å². The molecule has 0 aromatic heterocycles. The summed E-state index contributed by atoms with van der Waals surface area (Å²) in [5.74, 6) is 1.97. The van der Waals surface area contributed by atoms with E-state index < -0.39 is 0 Å². The van der Waals surface area contributed by atoms with Crippen molar-refractivity contribution < 1.29 is 0 Å². The summed E-state index contributed by atoms with van der Waals surface area (Å²) in [4.78, 5) is 0. The van der Waals surface area contributed by atoms with Crippen LogP contribution in [0.1, 0.15) is 65.2 Å². The zero-order chi connectivity index (χ0) is 10.4. The van der Waals surface area contributed by atoms with Gasteiger partial charge in [0.05, 0.1) is 0 Å². The Morgan fingerprint density at radius 3 is 2.36 bits per heavy atom. The number of thiol groups is 1. The van der Waals surface area contributed by atoms with E-state index >= 15 is 0 Å². The molecule has 84 valence electrons. The van der Waals surface area contributed by atoms with Crippen LogP contribution in [0, 0.1) is 11.8 Å². The molecule has 0 saturated heterocycles. The molecule has 0 aromatic carbocycles. The lowest BCUT2D eigenvalue weighted by Gasteiger charge is -2.28. The second-order valence-electron chi connectivity index (χ2n) is 5.01. The van der Waals surface area contributed by atoms with E-state index in [2.05, 4.69) is 26.5 Å². The summed E-state index contributed by atoms with van der Waals surface area (Å²) >= 11 is 4.57. The molecule has 1 heteroatoms. The van der Waals surface area contributed by atoms with Crippen molar-refractivity contribution in [2.75, 3.05) is 0 Å². The molecular weight excluding hydrogens is 188 g/mol.